The number of urea groups is 1. The highest BCUT2D eigenvalue weighted by molar-refractivity contribution is 7.86. The fourth-order valence-corrected chi connectivity index (χ4v) is 4.73. The van der Waals surface area contributed by atoms with Crippen LogP contribution in [0.15, 0.2) is 107 Å². The number of unbranched alkanes of at least 4 members (excludes halogenated alkanes) is 1. The minimum Gasteiger partial charge on any atom is -0.494 e. The minimum atomic E-state index is -4.93. The lowest BCUT2D eigenvalue weighted by molar-refractivity contribution is 0.262. The van der Waals surface area contributed by atoms with E-state index in [0.717, 1.165) is 25.0 Å². The quantitative estimate of drug-likeness (QED) is 0.0383. The smallest absolute Gasteiger partial charge is 0.332 e. The third-order valence-corrected chi connectivity index (χ3v) is 7.88. The van der Waals surface area contributed by atoms with E-state index in [1.165, 1.54) is 18.2 Å². The van der Waals surface area contributed by atoms with Crippen molar-refractivity contribution < 1.29 is 39.5 Å². The van der Waals surface area contributed by atoms with Crippen molar-refractivity contribution in [3.05, 3.63) is 108 Å². The Balaban J connectivity index is 0.000000489. The van der Waals surface area contributed by atoms with Crippen molar-refractivity contribution in [2.75, 3.05) is 23.8 Å². The second kappa shape index (κ2) is 16.6. The highest BCUT2D eigenvalue weighted by atomic mass is 35.5. The van der Waals surface area contributed by atoms with E-state index in [4.69, 9.17) is 36.8 Å². The first-order valence-electron chi connectivity index (χ1n) is 13.4. The molecule has 0 aliphatic heterocycles. The second-order valence-corrected chi connectivity index (χ2v) is 12.5. The first-order valence-corrected chi connectivity index (χ1v) is 16.6. The van der Waals surface area contributed by atoms with Crippen molar-refractivity contribution in [3.8, 4) is 11.5 Å². The van der Waals surface area contributed by atoms with E-state index in [1.807, 2.05) is 0 Å². The number of amides is 2. The molecular formula is C30H30ClFN4O8S2. The van der Waals surface area contributed by atoms with Crippen LogP contribution in [-0.2, 0) is 20.3 Å². The number of hydrogen-bond donors (Lipinski definition) is 5. The summed E-state index contributed by atoms with van der Waals surface area (Å²) in [7, 11) is -8.94. The summed E-state index contributed by atoms with van der Waals surface area (Å²) in [5.41, 5.74) is 6.47. The average molecular weight is 693 g/mol. The summed E-state index contributed by atoms with van der Waals surface area (Å²) in [5.74, 6) is 1.33. The molecule has 2 amide bonds. The first-order chi connectivity index (χ1) is 21.7. The fourth-order valence-electron chi connectivity index (χ4n) is 3.58. The number of nitrogens with two attached hydrogens (primary N) is 1. The standard InChI is InChI=1S/C24H24ClFN4O5S.C6H6O3S/c25-21-12-11-20(36(26,32)33)15-22(21)30-24(31)29-17-5-9-19(10-6-17)35-14-2-1-13-34-18-7-3-16(4-8-18)23(27)28;7-10(8,9)6-4-2-1-3-5-6/h3-12,15H,1-2,13-14H2,(H3,27,28)(H2,29,30,31);1-5H,(H,7,8,9). The molecule has 0 fully saturated rings. The summed E-state index contributed by atoms with van der Waals surface area (Å²) in [5, 5.41) is 12.4. The zero-order chi connectivity index (χ0) is 33.7. The van der Waals surface area contributed by atoms with Crippen LogP contribution in [0.1, 0.15) is 18.4 Å². The zero-order valence-corrected chi connectivity index (χ0v) is 26.4. The maximum Gasteiger partial charge on any atom is 0.332 e. The third-order valence-electron chi connectivity index (χ3n) is 5.86. The van der Waals surface area contributed by atoms with Gasteiger partial charge >= 0.3 is 16.3 Å². The molecule has 4 rings (SSSR count). The van der Waals surface area contributed by atoms with Gasteiger partial charge in [-0.2, -0.15) is 16.8 Å². The average Bonchev–Trinajstić information content (AvgIpc) is 3.01. The van der Waals surface area contributed by atoms with Gasteiger partial charge in [0.15, 0.2) is 0 Å². The molecular weight excluding hydrogens is 663 g/mol. The van der Waals surface area contributed by atoms with Crippen molar-refractivity contribution in [2.45, 2.75) is 22.6 Å². The summed E-state index contributed by atoms with van der Waals surface area (Å²) in [6, 6.07) is 23.5. The number of benzene rings is 4. The van der Waals surface area contributed by atoms with E-state index >= 15 is 0 Å². The Morgan fingerprint density at radius 3 is 1.83 bits per heavy atom. The molecule has 0 spiro atoms. The van der Waals surface area contributed by atoms with Gasteiger partial charge in [-0.15, -0.1) is 3.89 Å². The van der Waals surface area contributed by atoms with Gasteiger partial charge in [-0.3, -0.25) is 9.96 Å². The lowest BCUT2D eigenvalue weighted by atomic mass is 10.2. The van der Waals surface area contributed by atoms with Crippen molar-refractivity contribution in [1.82, 2.24) is 0 Å². The molecule has 0 heterocycles. The maximum absolute atomic E-state index is 13.2. The highest BCUT2D eigenvalue weighted by Gasteiger charge is 2.15. The van der Waals surface area contributed by atoms with Crippen LogP contribution >= 0.6 is 11.6 Å². The number of halogens is 2. The molecule has 0 aromatic heterocycles. The molecule has 0 saturated carbocycles. The third kappa shape index (κ3) is 12.0. The van der Waals surface area contributed by atoms with Crippen molar-refractivity contribution in [2.24, 2.45) is 5.73 Å². The van der Waals surface area contributed by atoms with Crippen molar-refractivity contribution in [3.63, 3.8) is 0 Å². The summed E-state index contributed by atoms with van der Waals surface area (Å²) in [6.07, 6.45) is 1.55. The molecule has 244 valence electrons. The van der Waals surface area contributed by atoms with Crippen molar-refractivity contribution >= 4 is 55.2 Å². The molecule has 0 aliphatic rings. The molecule has 0 unspecified atom stereocenters. The predicted molar refractivity (Wildman–Crippen MR) is 173 cm³/mol. The van der Waals surface area contributed by atoms with Gasteiger partial charge in [-0.1, -0.05) is 29.8 Å². The van der Waals surface area contributed by atoms with Crippen LogP contribution in [0.4, 0.5) is 20.1 Å². The van der Waals surface area contributed by atoms with Crippen LogP contribution in [0.3, 0.4) is 0 Å². The Kier molecular flexibility index (Phi) is 12.9. The van der Waals surface area contributed by atoms with E-state index in [1.54, 1.807) is 66.7 Å². The van der Waals surface area contributed by atoms with Crippen LogP contribution in [-0.4, -0.2) is 46.5 Å². The van der Waals surface area contributed by atoms with Crippen LogP contribution in [0.25, 0.3) is 0 Å². The number of rotatable bonds is 12. The molecule has 16 heteroatoms. The minimum absolute atomic E-state index is 0.00987. The SMILES string of the molecule is N=C(N)c1ccc(OCCCCOc2ccc(NC(=O)Nc3cc(S(=O)(=O)F)ccc3Cl)cc2)cc1.O=S(=O)(O)c1ccccc1. The predicted octanol–water partition coefficient (Wildman–Crippen LogP) is 6.10. The van der Waals surface area contributed by atoms with Crippen LogP contribution < -0.4 is 25.8 Å². The molecule has 0 radical (unpaired) electrons. The zero-order valence-electron chi connectivity index (χ0n) is 24.0. The summed E-state index contributed by atoms with van der Waals surface area (Å²) in [4.78, 5) is 11.5. The Bertz CT molecular complexity index is 1840. The normalized spacial score (nSPS) is 11.0. The molecule has 4 aromatic carbocycles. The summed E-state index contributed by atoms with van der Waals surface area (Å²) in [6.45, 7) is 0.997. The molecule has 0 bridgehead atoms. The number of carbonyl (C=O) groups excluding carboxylic acids is 1. The number of hydrogen-bond acceptors (Lipinski definition) is 8. The highest BCUT2D eigenvalue weighted by Crippen LogP contribution is 2.26. The van der Waals surface area contributed by atoms with Gasteiger partial charge in [-0.25, -0.2) is 4.79 Å². The van der Waals surface area contributed by atoms with Gasteiger partial charge in [0.05, 0.1) is 28.8 Å². The Morgan fingerprint density at radius 1 is 0.804 bits per heavy atom. The topological polar surface area (TPSA) is 198 Å². The van der Waals surface area contributed by atoms with Gasteiger partial charge in [0.1, 0.15) is 22.2 Å². The Morgan fingerprint density at radius 2 is 1.35 bits per heavy atom. The van der Waals surface area contributed by atoms with E-state index in [2.05, 4.69) is 10.6 Å². The number of nitrogen functional groups attached to an aromatic ring is 1. The van der Waals surface area contributed by atoms with Crippen molar-refractivity contribution in [1.29, 1.82) is 5.41 Å². The molecule has 6 N–H and O–H groups in total. The molecule has 4 aromatic rings. The van der Waals surface area contributed by atoms with Gasteiger partial charge in [-0.05, 0) is 91.7 Å². The first kappa shape index (κ1) is 35.8. The Labute approximate surface area is 270 Å². The fraction of sp³-hybridized carbons (Fsp3) is 0.133. The molecule has 12 nitrogen and oxygen atoms in total. The molecule has 46 heavy (non-hydrogen) atoms. The van der Waals surface area contributed by atoms with Gasteiger partial charge in [0.2, 0.25) is 0 Å². The second-order valence-electron chi connectivity index (χ2n) is 9.31. The lowest BCUT2D eigenvalue weighted by Crippen LogP contribution is -2.19. The maximum atomic E-state index is 13.2. The number of nitrogens with one attached hydrogen (secondary N) is 3. The summed E-state index contributed by atoms with van der Waals surface area (Å²) < 4.78 is 75.9. The monoisotopic (exact) mass is 692 g/mol. The van der Waals surface area contributed by atoms with Crippen LogP contribution in [0.2, 0.25) is 5.02 Å². The van der Waals surface area contributed by atoms with Crippen LogP contribution in [0.5, 0.6) is 11.5 Å². The van der Waals surface area contributed by atoms with E-state index in [9.17, 15) is 25.5 Å². The number of amidine groups is 1. The van der Waals surface area contributed by atoms with Gasteiger partial charge in [0.25, 0.3) is 10.1 Å². The van der Waals surface area contributed by atoms with E-state index in [0.29, 0.717) is 36.0 Å². The molecule has 0 aliphatic carbocycles. The Hall–Kier alpha value is -4.70. The van der Waals surface area contributed by atoms with E-state index in [-0.39, 0.29) is 21.4 Å². The number of anilines is 2. The number of ether oxygens (including phenoxy) is 2. The lowest BCUT2D eigenvalue weighted by Gasteiger charge is -2.11. The molecule has 0 saturated heterocycles. The van der Waals surface area contributed by atoms with Crippen LogP contribution in [0, 0.1) is 5.41 Å². The van der Waals surface area contributed by atoms with E-state index < -0.39 is 31.3 Å². The largest absolute Gasteiger partial charge is 0.494 e. The van der Waals surface area contributed by atoms with Gasteiger partial charge < -0.3 is 25.8 Å². The van der Waals surface area contributed by atoms with Gasteiger partial charge in [0, 0.05) is 11.3 Å². The number of carbonyl (C=O) groups is 1. The molecule has 0 atom stereocenters. The summed E-state index contributed by atoms with van der Waals surface area (Å²) >= 11 is 5.95.